The normalized spacial score (nSPS) is 14.7. The minimum absolute atomic E-state index is 0.136. The number of Topliss-reactive ketones (excluding diaryl/α,β-unsaturated/α-hetero) is 1. The molecule has 1 heterocycles. The predicted molar refractivity (Wildman–Crippen MR) is 89.9 cm³/mol. The van der Waals surface area contributed by atoms with Gasteiger partial charge in [0.1, 0.15) is 17.5 Å². The predicted octanol–water partition coefficient (Wildman–Crippen LogP) is 3.88. The smallest absolute Gasteiger partial charge is 0.196 e. The summed E-state index contributed by atoms with van der Waals surface area (Å²) in [4.78, 5) is 13.4. The second kappa shape index (κ2) is 11.1. The second-order valence-corrected chi connectivity index (χ2v) is 6.25. The Hall–Kier alpha value is -1.50. The molecule has 0 aromatic carbocycles. The maximum Gasteiger partial charge on any atom is 0.196 e. The van der Waals surface area contributed by atoms with E-state index in [1.165, 1.54) is 64.2 Å². The van der Waals surface area contributed by atoms with E-state index in [2.05, 4.69) is 6.92 Å². The molecule has 4 heteroatoms. The van der Waals surface area contributed by atoms with Crippen LogP contribution in [0, 0.1) is 11.3 Å². The van der Waals surface area contributed by atoms with E-state index in [0.29, 0.717) is 5.82 Å². The molecular weight excluding hydrogens is 274 g/mol. The minimum atomic E-state index is -0.136. The van der Waals surface area contributed by atoms with Crippen molar-refractivity contribution in [3.8, 4) is 6.07 Å². The van der Waals surface area contributed by atoms with Gasteiger partial charge >= 0.3 is 0 Å². The van der Waals surface area contributed by atoms with Gasteiger partial charge < -0.3 is 10.6 Å². The molecule has 4 nitrogen and oxygen atoms in total. The highest BCUT2D eigenvalue weighted by atomic mass is 16.1. The molecule has 1 aliphatic rings. The summed E-state index contributed by atoms with van der Waals surface area (Å²) < 4.78 is 0. The Morgan fingerprint density at radius 2 is 1.50 bits per heavy atom. The summed E-state index contributed by atoms with van der Waals surface area (Å²) in [7, 11) is 0. The third-order valence-electron chi connectivity index (χ3n) is 4.35. The van der Waals surface area contributed by atoms with Gasteiger partial charge in [0.15, 0.2) is 5.78 Å². The van der Waals surface area contributed by atoms with Crippen molar-refractivity contribution in [2.45, 2.75) is 77.6 Å². The lowest BCUT2D eigenvalue weighted by atomic mass is 10.1. The first-order chi connectivity index (χ1) is 10.7. The Kier molecular flexibility index (Phi) is 9.37. The van der Waals surface area contributed by atoms with Gasteiger partial charge in [-0.3, -0.25) is 4.79 Å². The molecule has 0 aromatic heterocycles. The fourth-order valence-corrected chi connectivity index (χ4v) is 2.92. The molecule has 0 aliphatic carbocycles. The van der Waals surface area contributed by atoms with E-state index in [0.717, 1.165) is 13.0 Å². The van der Waals surface area contributed by atoms with Gasteiger partial charge in [-0.1, -0.05) is 71.1 Å². The molecule has 1 aliphatic heterocycles. The fourth-order valence-electron chi connectivity index (χ4n) is 2.92. The van der Waals surface area contributed by atoms with Crippen LogP contribution in [0.1, 0.15) is 77.6 Å². The van der Waals surface area contributed by atoms with Crippen molar-refractivity contribution in [2.24, 2.45) is 5.73 Å². The Bertz CT molecular complexity index is 409. The van der Waals surface area contributed by atoms with E-state index in [1.807, 2.05) is 11.0 Å². The first kappa shape index (κ1) is 18.5. The first-order valence-electron chi connectivity index (χ1n) is 8.88. The molecule has 124 valence electrons. The van der Waals surface area contributed by atoms with Gasteiger partial charge in [0.25, 0.3) is 0 Å². The summed E-state index contributed by atoms with van der Waals surface area (Å²) >= 11 is 0. The number of carbonyl (C=O) groups is 1. The maximum atomic E-state index is 11.5. The molecule has 2 N–H and O–H groups in total. The van der Waals surface area contributed by atoms with Gasteiger partial charge in [0.05, 0.1) is 6.54 Å². The number of ketones is 1. The Balaban J connectivity index is 1.96. The topological polar surface area (TPSA) is 70.1 Å². The third kappa shape index (κ3) is 6.51. The number of nitrogens with two attached hydrogens (primary N) is 1. The van der Waals surface area contributed by atoms with Gasteiger partial charge in [-0.05, 0) is 6.42 Å². The van der Waals surface area contributed by atoms with Crippen molar-refractivity contribution in [3.05, 3.63) is 11.4 Å². The zero-order valence-electron chi connectivity index (χ0n) is 14.1. The van der Waals surface area contributed by atoms with E-state index >= 15 is 0 Å². The van der Waals surface area contributed by atoms with Crippen LogP contribution in [0.15, 0.2) is 11.4 Å². The van der Waals surface area contributed by atoms with Crippen LogP contribution in [0.3, 0.4) is 0 Å². The largest absolute Gasteiger partial charge is 0.384 e. The maximum absolute atomic E-state index is 11.5. The molecule has 0 saturated carbocycles. The number of unbranched alkanes of at least 4 members (excludes halogenated alkanes) is 10. The number of carbonyl (C=O) groups excluding carboxylic acids is 1. The fraction of sp³-hybridized carbons (Fsp3) is 0.778. The van der Waals surface area contributed by atoms with E-state index in [9.17, 15) is 4.79 Å². The van der Waals surface area contributed by atoms with Crippen LogP contribution in [-0.4, -0.2) is 23.8 Å². The number of hydrogen-bond donors (Lipinski definition) is 1. The van der Waals surface area contributed by atoms with Gasteiger partial charge in [0, 0.05) is 6.54 Å². The van der Waals surface area contributed by atoms with Crippen molar-refractivity contribution in [1.29, 1.82) is 5.26 Å². The van der Waals surface area contributed by atoms with E-state index in [4.69, 9.17) is 11.0 Å². The lowest BCUT2D eigenvalue weighted by Gasteiger charge is -2.17. The molecule has 0 aromatic rings. The average molecular weight is 305 g/mol. The number of hydrogen-bond acceptors (Lipinski definition) is 4. The van der Waals surface area contributed by atoms with Crippen LogP contribution in [0.5, 0.6) is 0 Å². The first-order valence-corrected chi connectivity index (χ1v) is 8.88. The van der Waals surface area contributed by atoms with Gasteiger partial charge in [-0.15, -0.1) is 0 Å². The molecule has 0 bridgehead atoms. The van der Waals surface area contributed by atoms with Gasteiger partial charge in [-0.2, -0.15) is 5.26 Å². The summed E-state index contributed by atoms with van der Waals surface area (Å²) in [5.74, 6) is 0.239. The van der Waals surface area contributed by atoms with Crippen molar-refractivity contribution in [3.63, 3.8) is 0 Å². The molecule has 0 radical (unpaired) electrons. The SMILES string of the molecule is CCCCCCCCCCCCCN1CC(=O)C(C#N)=C1N. The van der Waals surface area contributed by atoms with Gasteiger partial charge in [0.2, 0.25) is 0 Å². The molecule has 0 spiro atoms. The highest BCUT2D eigenvalue weighted by molar-refractivity contribution is 6.03. The van der Waals surface area contributed by atoms with E-state index in [1.54, 1.807) is 0 Å². The van der Waals surface area contributed by atoms with Crippen molar-refractivity contribution >= 4 is 5.78 Å². The van der Waals surface area contributed by atoms with E-state index < -0.39 is 0 Å². The highest BCUT2D eigenvalue weighted by Gasteiger charge is 2.27. The second-order valence-electron chi connectivity index (χ2n) is 6.25. The van der Waals surface area contributed by atoms with Crippen LogP contribution in [-0.2, 0) is 4.79 Å². The zero-order chi connectivity index (χ0) is 16.2. The van der Waals surface area contributed by atoms with Crippen molar-refractivity contribution in [1.82, 2.24) is 4.90 Å². The lowest BCUT2D eigenvalue weighted by molar-refractivity contribution is -0.114. The van der Waals surface area contributed by atoms with Gasteiger partial charge in [-0.25, -0.2) is 0 Å². The monoisotopic (exact) mass is 305 g/mol. The number of nitriles is 1. The molecule has 22 heavy (non-hydrogen) atoms. The quantitative estimate of drug-likeness (QED) is 0.556. The van der Waals surface area contributed by atoms with Crippen LogP contribution in [0.4, 0.5) is 0 Å². The molecule has 0 unspecified atom stereocenters. The molecule has 0 fully saturated rings. The zero-order valence-corrected chi connectivity index (χ0v) is 14.1. The van der Waals surface area contributed by atoms with Crippen LogP contribution < -0.4 is 5.73 Å². The average Bonchev–Trinajstić information content (AvgIpc) is 2.78. The van der Waals surface area contributed by atoms with Crippen LogP contribution in [0.2, 0.25) is 0 Å². The Labute approximate surface area is 135 Å². The summed E-state index contributed by atoms with van der Waals surface area (Å²) in [5, 5.41) is 8.85. The Morgan fingerprint density at radius 1 is 1.00 bits per heavy atom. The molecule has 0 amide bonds. The van der Waals surface area contributed by atoms with Crippen molar-refractivity contribution < 1.29 is 4.79 Å². The minimum Gasteiger partial charge on any atom is -0.384 e. The van der Waals surface area contributed by atoms with E-state index in [-0.39, 0.29) is 17.9 Å². The summed E-state index contributed by atoms with van der Waals surface area (Å²) in [6.07, 6.45) is 14.4. The van der Waals surface area contributed by atoms with Crippen LogP contribution >= 0.6 is 0 Å². The third-order valence-corrected chi connectivity index (χ3v) is 4.35. The highest BCUT2D eigenvalue weighted by Crippen LogP contribution is 2.17. The standard InChI is InChI=1S/C18H31N3O/c1-2-3-4-5-6-7-8-9-10-11-12-13-21-15-17(22)16(14-19)18(21)20/h2-13,15,20H2,1H3. The summed E-state index contributed by atoms with van der Waals surface area (Å²) in [6.45, 7) is 3.33. The molecular formula is C18H31N3O. The summed E-state index contributed by atoms with van der Waals surface area (Å²) in [5.41, 5.74) is 5.96. The molecule has 0 saturated heterocycles. The Morgan fingerprint density at radius 3 is 1.95 bits per heavy atom. The molecule has 1 rings (SSSR count). The lowest BCUT2D eigenvalue weighted by Crippen LogP contribution is -2.26. The molecule has 0 atom stereocenters. The summed E-state index contributed by atoms with van der Waals surface area (Å²) in [6, 6.07) is 1.90. The van der Waals surface area contributed by atoms with Crippen LogP contribution in [0.25, 0.3) is 0 Å². The number of nitrogens with zero attached hydrogens (tertiary/aromatic N) is 2. The van der Waals surface area contributed by atoms with Crippen molar-refractivity contribution in [2.75, 3.05) is 13.1 Å². The number of rotatable bonds is 12.